The van der Waals surface area contributed by atoms with Crippen LogP contribution in [0.3, 0.4) is 0 Å². The van der Waals surface area contributed by atoms with Gasteiger partial charge < -0.3 is 11.1 Å². The van der Waals surface area contributed by atoms with Crippen LogP contribution in [0.15, 0.2) is 60.7 Å². The smallest absolute Gasteiger partial charge is 0.324 e. The number of anilines is 2. The zero-order valence-corrected chi connectivity index (χ0v) is 14.4. The molecular formula is C19H17N3O2S. The van der Waals surface area contributed by atoms with E-state index >= 15 is 0 Å². The van der Waals surface area contributed by atoms with Gasteiger partial charge >= 0.3 is 6.03 Å². The molecule has 0 radical (unpaired) electrons. The van der Waals surface area contributed by atoms with Gasteiger partial charge in [0, 0.05) is 10.6 Å². The zero-order chi connectivity index (χ0) is 17.8. The van der Waals surface area contributed by atoms with E-state index in [1.165, 1.54) is 11.3 Å². The molecule has 0 saturated heterocycles. The van der Waals surface area contributed by atoms with Crippen molar-refractivity contribution in [3.8, 4) is 10.4 Å². The maximum atomic E-state index is 12.2. The molecule has 0 atom stereocenters. The average molecular weight is 351 g/mol. The van der Waals surface area contributed by atoms with Crippen LogP contribution in [-0.4, -0.2) is 11.9 Å². The second-order valence-electron chi connectivity index (χ2n) is 5.53. The van der Waals surface area contributed by atoms with Crippen molar-refractivity contribution >= 4 is 34.0 Å². The first-order valence-electron chi connectivity index (χ1n) is 7.66. The van der Waals surface area contributed by atoms with E-state index in [2.05, 4.69) is 10.6 Å². The summed E-state index contributed by atoms with van der Waals surface area (Å²) in [6, 6.07) is 18.3. The molecule has 1 heterocycles. The summed E-state index contributed by atoms with van der Waals surface area (Å²) in [6.45, 7) is 1.97. The van der Waals surface area contributed by atoms with Crippen molar-refractivity contribution in [2.75, 3.05) is 10.6 Å². The first kappa shape index (κ1) is 16.7. The Balaban J connectivity index is 1.81. The van der Waals surface area contributed by atoms with Gasteiger partial charge in [0.15, 0.2) is 0 Å². The minimum Gasteiger partial charge on any atom is -0.366 e. The molecule has 0 unspecified atom stereocenters. The highest BCUT2D eigenvalue weighted by atomic mass is 32.1. The molecule has 0 aliphatic carbocycles. The van der Waals surface area contributed by atoms with E-state index in [0.29, 0.717) is 16.3 Å². The number of amides is 3. The van der Waals surface area contributed by atoms with Crippen molar-refractivity contribution in [3.05, 3.63) is 71.8 Å². The van der Waals surface area contributed by atoms with E-state index in [4.69, 9.17) is 5.73 Å². The number of hydrogen-bond donors (Lipinski definition) is 3. The SMILES string of the molecule is Cc1ccc(NC(=O)Nc2sc(-c3ccccc3)cc2C(N)=O)cc1. The number of carbonyl (C=O) groups is 2. The van der Waals surface area contributed by atoms with E-state index in [0.717, 1.165) is 16.0 Å². The zero-order valence-electron chi connectivity index (χ0n) is 13.6. The first-order valence-corrected chi connectivity index (χ1v) is 8.48. The van der Waals surface area contributed by atoms with Crippen LogP contribution in [0.1, 0.15) is 15.9 Å². The van der Waals surface area contributed by atoms with Gasteiger partial charge in [0.25, 0.3) is 5.91 Å². The molecule has 0 saturated carbocycles. The van der Waals surface area contributed by atoms with E-state index in [-0.39, 0.29) is 0 Å². The molecule has 0 fully saturated rings. The van der Waals surface area contributed by atoms with Crippen molar-refractivity contribution in [2.24, 2.45) is 5.73 Å². The quantitative estimate of drug-likeness (QED) is 0.648. The molecule has 0 aliphatic heterocycles. The molecule has 5 nitrogen and oxygen atoms in total. The number of benzene rings is 2. The molecule has 0 spiro atoms. The van der Waals surface area contributed by atoms with E-state index < -0.39 is 11.9 Å². The Morgan fingerprint density at radius 3 is 2.28 bits per heavy atom. The fraction of sp³-hybridized carbons (Fsp3) is 0.0526. The monoisotopic (exact) mass is 351 g/mol. The molecular weight excluding hydrogens is 334 g/mol. The lowest BCUT2D eigenvalue weighted by Crippen LogP contribution is -2.21. The van der Waals surface area contributed by atoms with Crippen molar-refractivity contribution in [1.29, 1.82) is 0 Å². The Morgan fingerprint density at radius 1 is 0.960 bits per heavy atom. The number of rotatable bonds is 4. The highest BCUT2D eigenvalue weighted by Crippen LogP contribution is 2.35. The highest BCUT2D eigenvalue weighted by molar-refractivity contribution is 7.20. The largest absolute Gasteiger partial charge is 0.366 e. The lowest BCUT2D eigenvalue weighted by atomic mass is 10.1. The summed E-state index contributed by atoms with van der Waals surface area (Å²) < 4.78 is 0. The van der Waals surface area contributed by atoms with E-state index in [9.17, 15) is 9.59 Å². The van der Waals surface area contributed by atoms with Gasteiger partial charge in [-0.15, -0.1) is 11.3 Å². The maximum Gasteiger partial charge on any atom is 0.324 e. The fourth-order valence-corrected chi connectivity index (χ4v) is 3.38. The lowest BCUT2D eigenvalue weighted by molar-refractivity contribution is 0.100. The third-order valence-corrected chi connectivity index (χ3v) is 4.69. The standard InChI is InChI=1S/C19H17N3O2S/c1-12-7-9-14(10-8-12)21-19(24)22-18-15(17(20)23)11-16(25-18)13-5-3-2-4-6-13/h2-11H,1H3,(H2,20,23)(H2,21,22,24). The Morgan fingerprint density at radius 2 is 1.64 bits per heavy atom. The van der Waals surface area contributed by atoms with Crippen LogP contribution < -0.4 is 16.4 Å². The van der Waals surface area contributed by atoms with Crippen LogP contribution in [0.4, 0.5) is 15.5 Å². The summed E-state index contributed by atoms with van der Waals surface area (Å²) in [7, 11) is 0. The van der Waals surface area contributed by atoms with Gasteiger partial charge in [-0.3, -0.25) is 10.1 Å². The lowest BCUT2D eigenvalue weighted by Gasteiger charge is -2.07. The van der Waals surface area contributed by atoms with Crippen LogP contribution in [0, 0.1) is 6.92 Å². The number of nitrogens with two attached hydrogens (primary N) is 1. The van der Waals surface area contributed by atoms with Crippen LogP contribution in [0.25, 0.3) is 10.4 Å². The average Bonchev–Trinajstić information content (AvgIpc) is 3.02. The van der Waals surface area contributed by atoms with Crippen molar-refractivity contribution in [2.45, 2.75) is 6.92 Å². The predicted octanol–water partition coefficient (Wildman–Crippen LogP) is 4.47. The number of primary amides is 1. The van der Waals surface area contributed by atoms with Crippen LogP contribution >= 0.6 is 11.3 Å². The van der Waals surface area contributed by atoms with E-state index in [1.807, 2.05) is 61.5 Å². The topological polar surface area (TPSA) is 84.2 Å². The number of urea groups is 1. The van der Waals surface area contributed by atoms with Crippen molar-refractivity contribution in [3.63, 3.8) is 0 Å². The predicted molar refractivity (Wildman–Crippen MR) is 102 cm³/mol. The minimum absolute atomic E-state index is 0.294. The van der Waals surface area contributed by atoms with Crippen LogP contribution in [0.5, 0.6) is 0 Å². The molecule has 126 valence electrons. The first-order chi connectivity index (χ1) is 12.0. The normalized spacial score (nSPS) is 10.3. The number of nitrogens with one attached hydrogen (secondary N) is 2. The Kier molecular flexibility index (Phi) is 4.81. The molecule has 1 aromatic heterocycles. The van der Waals surface area contributed by atoms with Gasteiger partial charge in [-0.05, 0) is 30.7 Å². The summed E-state index contributed by atoms with van der Waals surface area (Å²) in [4.78, 5) is 24.8. The second-order valence-corrected chi connectivity index (χ2v) is 6.58. The number of hydrogen-bond acceptors (Lipinski definition) is 3. The Bertz CT molecular complexity index is 902. The Labute approximate surface area is 149 Å². The molecule has 3 aromatic rings. The van der Waals surface area contributed by atoms with Gasteiger partial charge in [-0.25, -0.2) is 4.79 Å². The molecule has 0 aliphatic rings. The Hall–Kier alpha value is -3.12. The molecule has 25 heavy (non-hydrogen) atoms. The van der Waals surface area contributed by atoms with Crippen LogP contribution in [-0.2, 0) is 0 Å². The summed E-state index contributed by atoms with van der Waals surface area (Å²) in [5.74, 6) is -0.580. The van der Waals surface area contributed by atoms with Crippen LogP contribution in [0.2, 0.25) is 0 Å². The third kappa shape index (κ3) is 4.05. The fourth-order valence-electron chi connectivity index (χ4n) is 2.31. The van der Waals surface area contributed by atoms with Gasteiger partial charge in [-0.1, -0.05) is 48.0 Å². The second kappa shape index (κ2) is 7.19. The van der Waals surface area contributed by atoms with E-state index in [1.54, 1.807) is 6.07 Å². The number of aryl methyl sites for hydroxylation is 1. The third-order valence-electron chi connectivity index (χ3n) is 3.59. The molecule has 0 bridgehead atoms. The summed E-state index contributed by atoms with van der Waals surface area (Å²) in [5, 5.41) is 5.88. The van der Waals surface area contributed by atoms with Crippen molar-refractivity contribution in [1.82, 2.24) is 0 Å². The molecule has 3 amide bonds. The van der Waals surface area contributed by atoms with Crippen molar-refractivity contribution < 1.29 is 9.59 Å². The summed E-state index contributed by atoms with van der Waals surface area (Å²) in [6.07, 6.45) is 0. The summed E-state index contributed by atoms with van der Waals surface area (Å²) >= 11 is 1.31. The molecule has 3 rings (SSSR count). The summed E-state index contributed by atoms with van der Waals surface area (Å²) in [5.41, 5.74) is 8.48. The molecule has 2 aromatic carbocycles. The maximum absolute atomic E-state index is 12.2. The van der Waals surface area contributed by atoms with Gasteiger partial charge in [0.2, 0.25) is 0 Å². The minimum atomic E-state index is -0.580. The van der Waals surface area contributed by atoms with Gasteiger partial charge in [0.1, 0.15) is 5.00 Å². The number of carbonyl (C=O) groups excluding carboxylic acids is 2. The molecule has 6 heteroatoms. The molecule has 4 N–H and O–H groups in total. The van der Waals surface area contributed by atoms with Gasteiger partial charge in [0.05, 0.1) is 5.56 Å². The number of thiophene rings is 1. The highest BCUT2D eigenvalue weighted by Gasteiger charge is 2.16. The van der Waals surface area contributed by atoms with Gasteiger partial charge in [-0.2, -0.15) is 0 Å².